The first kappa shape index (κ1) is 30.3. The molecule has 0 fully saturated rings. The number of hydrogen-bond donors (Lipinski definition) is 0. The molecule has 0 bridgehead atoms. The van der Waals surface area contributed by atoms with Crippen LogP contribution in [0.25, 0.3) is 72.3 Å². The van der Waals surface area contributed by atoms with Crippen LogP contribution in [0.5, 0.6) is 0 Å². The van der Waals surface area contributed by atoms with Crippen LogP contribution in [0.1, 0.15) is 53.9 Å². The Morgan fingerprint density at radius 3 is 2.02 bits per heavy atom. The zero-order valence-electron chi connectivity index (χ0n) is 45.4. The van der Waals surface area contributed by atoms with Gasteiger partial charge in [-0.2, -0.15) is 18.2 Å². The van der Waals surface area contributed by atoms with Gasteiger partial charge in [-0.3, -0.25) is 4.57 Å². The van der Waals surface area contributed by atoms with Gasteiger partial charge < -0.3 is 18.9 Å². The number of fused-ring (bicyclic) bond motifs is 5. The molecule has 7 aromatic carbocycles. The van der Waals surface area contributed by atoms with E-state index in [9.17, 15) is 0 Å². The van der Waals surface area contributed by atoms with Crippen LogP contribution in [0.4, 0.5) is 17.1 Å². The predicted molar refractivity (Wildman–Crippen MR) is 254 cm³/mol. The van der Waals surface area contributed by atoms with E-state index in [0.29, 0.717) is 16.7 Å². The molecule has 4 heterocycles. The minimum Gasteiger partial charge on any atom is -0.404 e. The number of pyridine rings is 1. The first-order valence-electron chi connectivity index (χ1n) is 25.5. The fraction of sp³-hybridized carbons (Fsp3) is 0.143. The van der Waals surface area contributed by atoms with Gasteiger partial charge in [-0.05, 0) is 94.8 Å². The number of imidazole rings is 1. The van der Waals surface area contributed by atoms with Crippen molar-refractivity contribution in [1.82, 2.24) is 14.1 Å². The zero-order valence-corrected chi connectivity index (χ0v) is 37.7. The second-order valence-electron chi connectivity index (χ2n) is 17.0. The Kier molecular flexibility index (Phi) is 7.34. The molecule has 312 valence electrons. The van der Waals surface area contributed by atoms with E-state index < -0.39 is 66.1 Å². The molecule has 11 rings (SSSR count). The summed E-state index contributed by atoms with van der Waals surface area (Å²) in [6, 6.07) is 35.3. The maximum absolute atomic E-state index is 9.08. The molecule has 0 radical (unpaired) electrons. The monoisotopic (exact) mass is 1010 g/mol. The Labute approximate surface area is 397 Å². The summed E-state index contributed by atoms with van der Waals surface area (Å²) in [5, 5.41) is 2.12. The Morgan fingerprint density at radius 1 is 0.683 bits per heavy atom. The molecule has 3 aromatic heterocycles. The average molecular weight is 1010 g/mol. The van der Waals surface area contributed by atoms with Gasteiger partial charge in [-0.25, -0.2) is 4.98 Å². The molecular formula is C56H46N6Pt-2. The van der Waals surface area contributed by atoms with Gasteiger partial charge in [0.1, 0.15) is 5.82 Å². The molecule has 1 aliphatic rings. The van der Waals surface area contributed by atoms with Crippen molar-refractivity contribution in [3.63, 3.8) is 0 Å². The van der Waals surface area contributed by atoms with Crippen molar-refractivity contribution in [2.45, 2.75) is 45.7 Å². The SMILES string of the molecule is [2H]c1c([2H])c([2H])c(-c2cccc(-c3c([2H])c([2H])c([2H])c([2H])c3[2H])c2-[n+]2[c-]n(-c3[c-]c(N4c5[c-]c6c(cc5N(C)C4(C)C)c4ccccc4n6-c4cc(C(C)(C)C)ccn4)ccc3)c3ccccc32)c([2H])c1[2H].[Pt]. The Hall–Kier alpha value is -6.75. The largest absolute Gasteiger partial charge is 0.404 e. The van der Waals surface area contributed by atoms with Gasteiger partial charge in [0, 0.05) is 32.8 Å². The third-order valence-electron chi connectivity index (χ3n) is 12.1. The fourth-order valence-electron chi connectivity index (χ4n) is 8.79. The maximum atomic E-state index is 9.08. The summed E-state index contributed by atoms with van der Waals surface area (Å²) >= 11 is 0. The van der Waals surface area contributed by atoms with Crippen LogP contribution in [0.15, 0.2) is 170 Å². The molecule has 0 amide bonds. The van der Waals surface area contributed by atoms with Crippen molar-refractivity contribution >= 4 is 49.9 Å². The Balaban J connectivity index is 0.00000611. The third-order valence-corrected chi connectivity index (χ3v) is 12.1. The van der Waals surface area contributed by atoms with Gasteiger partial charge in [0.25, 0.3) is 6.33 Å². The van der Waals surface area contributed by atoms with Crippen molar-refractivity contribution in [3.05, 3.63) is 194 Å². The molecule has 63 heavy (non-hydrogen) atoms. The normalized spacial score (nSPS) is 15.7. The van der Waals surface area contributed by atoms with Gasteiger partial charge in [0.15, 0.2) is 0 Å². The maximum Gasteiger partial charge on any atom is 0.268 e. The number of benzene rings is 7. The summed E-state index contributed by atoms with van der Waals surface area (Å²) in [7, 11) is 2.08. The van der Waals surface area contributed by atoms with Gasteiger partial charge in [0.2, 0.25) is 0 Å². The summed E-state index contributed by atoms with van der Waals surface area (Å²) < 4.78 is 93.2. The van der Waals surface area contributed by atoms with Gasteiger partial charge in [-0.1, -0.05) is 158 Å². The van der Waals surface area contributed by atoms with Crippen LogP contribution < -0.4 is 14.4 Å². The Morgan fingerprint density at radius 2 is 1.32 bits per heavy atom. The molecule has 6 nitrogen and oxygen atoms in total. The molecule has 1 aliphatic heterocycles. The van der Waals surface area contributed by atoms with E-state index in [1.165, 1.54) is 0 Å². The molecule has 0 aliphatic carbocycles. The molecule has 0 atom stereocenters. The standard InChI is InChI=1S/C56H46N6.Pt/c1-55(2,3)40-31-32-57-53(33-40)61-47-28-14-13-25-45(47)46-35-51-52(36-50(46)61)62(56(4,5)58(51)6)42-24-17-23-41(34-42)59-37-60(49-30-16-15-29-48(49)59)54-43(38-19-9-7-10-20-38)26-18-27-44(54)39-21-11-8-12-22-39;/h7-33,35H,1-6H3;/q-2;/i7D,8D,9D,10D,11D,12D,19D,20D,21D,22D;. The second kappa shape index (κ2) is 15.3. The van der Waals surface area contributed by atoms with Crippen molar-refractivity contribution in [2.75, 3.05) is 16.8 Å². The zero-order chi connectivity index (χ0) is 51.0. The summed E-state index contributed by atoms with van der Waals surface area (Å²) in [5.74, 6) is 0.793. The molecule has 0 N–H and O–H groups in total. The van der Waals surface area contributed by atoms with Crippen LogP contribution >= 0.6 is 0 Å². The van der Waals surface area contributed by atoms with Crippen LogP contribution in [0, 0.1) is 18.5 Å². The van der Waals surface area contributed by atoms with Crippen LogP contribution in [-0.2, 0) is 26.5 Å². The molecule has 7 heteroatoms. The van der Waals surface area contributed by atoms with Crippen molar-refractivity contribution in [1.29, 1.82) is 0 Å². The molecule has 0 saturated heterocycles. The van der Waals surface area contributed by atoms with E-state index in [-0.39, 0.29) is 54.4 Å². The number of hydrogen-bond acceptors (Lipinski definition) is 3. The third kappa shape index (κ3) is 6.50. The first-order chi connectivity index (χ1) is 34.2. The van der Waals surface area contributed by atoms with Crippen molar-refractivity contribution in [3.8, 4) is 39.4 Å². The van der Waals surface area contributed by atoms with Gasteiger partial charge in [0.05, 0.1) is 36.1 Å². The fourth-order valence-corrected chi connectivity index (χ4v) is 8.79. The van der Waals surface area contributed by atoms with Crippen LogP contribution in [0.2, 0.25) is 0 Å². The van der Waals surface area contributed by atoms with Crippen molar-refractivity contribution in [2.24, 2.45) is 0 Å². The summed E-state index contributed by atoms with van der Waals surface area (Å²) in [6.45, 7) is 10.9. The molecule has 0 saturated carbocycles. The van der Waals surface area contributed by atoms with Gasteiger partial charge >= 0.3 is 0 Å². The second-order valence-corrected chi connectivity index (χ2v) is 17.0. The molecular weight excluding hydrogens is 952 g/mol. The molecule has 0 spiro atoms. The number of rotatable bonds is 6. The number of aromatic nitrogens is 4. The van der Waals surface area contributed by atoms with Crippen LogP contribution in [-0.4, -0.2) is 26.8 Å². The van der Waals surface area contributed by atoms with Crippen molar-refractivity contribution < 1.29 is 39.3 Å². The van der Waals surface area contributed by atoms with Gasteiger partial charge in [-0.15, -0.1) is 18.2 Å². The summed E-state index contributed by atoms with van der Waals surface area (Å²) in [4.78, 5) is 9.37. The number of anilines is 3. The quantitative estimate of drug-likeness (QED) is 0.123. The smallest absolute Gasteiger partial charge is 0.268 e. The van der Waals surface area contributed by atoms with Crippen LogP contribution in [0.3, 0.4) is 0 Å². The minimum absolute atomic E-state index is 0. The number of para-hydroxylation sites is 4. The first-order valence-corrected chi connectivity index (χ1v) is 20.5. The summed E-state index contributed by atoms with van der Waals surface area (Å²) in [6.07, 6.45) is 5.36. The average Bonchev–Trinajstić information content (AvgIpc) is 3.97. The van der Waals surface area contributed by atoms with E-state index in [0.717, 1.165) is 50.2 Å². The minimum atomic E-state index is -0.623. The molecule has 0 unspecified atom stereocenters. The molecule has 10 aromatic rings. The van der Waals surface area contributed by atoms with E-state index in [4.69, 9.17) is 18.7 Å². The van der Waals surface area contributed by atoms with E-state index in [1.807, 2.05) is 59.3 Å². The van der Waals surface area contributed by atoms with E-state index >= 15 is 0 Å². The Bertz CT molecular complexity index is 3810. The van der Waals surface area contributed by atoms with E-state index in [1.54, 1.807) is 22.8 Å². The van der Waals surface area contributed by atoms with E-state index in [2.05, 4.69) is 111 Å². The number of nitrogens with zero attached hydrogens (tertiary/aromatic N) is 6. The predicted octanol–water partition coefficient (Wildman–Crippen LogP) is 12.8. The summed E-state index contributed by atoms with van der Waals surface area (Å²) in [5.41, 5.74) is 6.91. The topological polar surface area (TPSA) is 33.1 Å².